The molecule has 1 aromatic rings. The van der Waals surface area contributed by atoms with Crippen molar-refractivity contribution in [2.45, 2.75) is 84.3 Å². The fourth-order valence-electron chi connectivity index (χ4n) is 8.44. The molecule has 0 saturated heterocycles. The van der Waals surface area contributed by atoms with Gasteiger partial charge in [0.05, 0.1) is 12.1 Å². The molecule has 7 atom stereocenters. The first-order valence-electron chi connectivity index (χ1n) is 14.5. The fourth-order valence-corrected chi connectivity index (χ4v) is 8.44. The Morgan fingerprint density at radius 2 is 1.87 bits per heavy atom. The molecule has 0 aliphatic heterocycles. The van der Waals surface area contributed by atoms with Crippen molar-refractivity contribution in [3.8, 4) is 0 Å². The van der Waals surface area contributed by atoms with Gasteiger partial charge in [0.2, 0.25) is 0 Å². The summed E-state index contributed by atoms with van der Waals surface area (Å²) in [6, 6.07) is 9.46. The van der Waals surface area contributed by atoms with Crippen molar-refractivity contribution in [3.63, 3.8) is 0 Å². The summed E-state index contributed by atoms with van der Waals surface area (Å²) in [4.78, 5) is 39.1. The van der Waals surface area contributed by atoms with Gasteiger partial charge in [0, 0.05) is 31.3 Å². The number of hydrogen-bond acceptors (Lipinski definition) is 7. The van der Waals surface area contributed by atoms with Crippen molar-refractivity contribution in [1.29, 1.82) is 0 Å². The summed E-state index contributed by atoms with van der Waals surface area (Å²) < 4.78 is 11.2. The number of rotatable bonds is 6. The molecule has 0 spiro atoms. The van der Waals surface area contributed by atoms with Crippen LogP contribution in [-0.2, 0) is 25.7 Å². The zero-order valence-corrected chi connectivity index (χ0v) is 23.4. The largest absolute Gasteiger partial charge is 0.462 e. The van der Waals surface area contributed by atoms with Crippen LogP contribution in [0, 0.1) is 34.5 Å². The second-order valence-electron chi connectivity index (χ2n) is 12.7. The molecule has 8 heteroatoms. The van der Waals surface area contributed by atoms with E-state index in [1.165, 1.54) is 4.90 Å². The van der Waals surface area contributed by atoms with Crippen LogP contribution >= 0.6 is 0 Å². The molecular formula is C31H42N2O6. The van der Waals surface area contributed by atoms with Crippen molar-refractivity contribution in [1.82, 2.24) is 4.90 Å². The van der Waals surface area contributed by atoms with Crippen molar-refractivity contribution < 1.29 is 29.1 Å². The molecule has 4 aliphatic rings. The topological polar surface area (TPSA) is 106 Å². The molecular weight excluding hydrogens is 496 g/mol. The molecule has 8 nitrogen and oxygen atoms in total. The smallest absolute Gasteiger partial charge is 0.409 e. The maximum absolute atomic E-state index is 12.7. The van der Waals surface area contributed by atoms with Gasteiger partial charge in [0.15, 0.2) is 0 Å². The molecule has 0 aromatic heterocycles. The first-order chi connectivity index (χ1) is 18.7. The predicted molar refractivity (Wildman–Crippen MR) is 145 cm³/mol. The highest BCUT2D eigenvalue weighted by atomic mass is 16.6. The maximum Gasteiger partial charge on any atom is 0.409 e. The van der Waals surface area contributed by atoms with Gasteiger partial charge in [-0.3, -0.25) is 9.59 Å². The van der Waals surface area contributed by atoms with Gasteiger partial charge in [0.1, 0.15) is 18.5 Å². The van der Waals surface area contributed by atoms with Gasteiger partial charge >= 0.3 is 12.1 Å². The minimum Gasteiger partial charge on any atom is -0.462 e. The summed E-state index contributed by atoms with van der Waals surface area (Å²) in [6.07, 6.45) is 6.04. The van der Waals surface area contributed by atoms with Crippen LogP contribution in [0.5, 0.6) is 0 Å². The normalized spacial score (nSPS) is 36.4. The number of amides is 1. The van der Waals surface area contributed by atoms with E-state index in [1.54, 1.807) is 7.05 Å². The molecule has 1 amide bonds. The first kappa shape index (κ1) is 27.7. The number of hydrogen-bond donors (Lipinski definition) is 1. The fraction of sp³-hybridized carbons (Fsp3) is 0.677. The number of ether oxygens (including phenoxy) is 2. The van der Waals surface area contributed by atoms with E-state index < -0.39 is 6.09 Å². The Morgan fingerprint density at radius 3 is 2.62 bits per heavy atom. The highest BCUT2D eigenvalue weighted by Gasteiger charge is 2.62. The average Bonchev–Trinajstić information content (AvgIpc) is 3.25. The van der Waals surface area contributed by atoms with Gasteiger partial charge in [-0.1, -0.05) is 49.3 Å². The number of oxime groups is 1. The SMILES string of the molecule is CN(CCC(=O)O[C@H]1CC[C@@]2(C)C(C1)/C(=N\O)C[C@@H]1[C@@H]2CC[C@]2(C)C(=O)CC[C@@H]12)C(=O)OCc1ccccc1. The van der Waals surface area contributed by atoms with Crippen molar-refractivity contribution in [3.05, 3.63) is 35.9 Å². The summed E-state index contributed by atoms with van der Waals surface area (Å²) in [5.74, 6) is 1.37. The summed E-state index contributed by atoms with van der Waals surface area (Å²) in [7, 11) is 1.61. The highest BCUT2D eigenvalue weighted by molar-refractivity contribution is 5.90. The number of carbonyl (C=O) groups excluding carboxylic acids is 3. The van der Waals surface area contributed by atoms with E-state index in [0.29, 0.717) is 36.4 Å². The monoisotopic (exact) mass is 538 g/mol. The van der Waals surface area contributed by atoms with E-state index in [2.05, 4.69) is 19.0 Å². The summed E-state index contributed by atoms with van der Waals surface area (Å²) in [6.45, 7) is 4.88. The summed E-state index contributed by atoms with van der Waals surface area (Å²) >= 11 is 0. The van der Waals surface area contributed by atoms with Crippen LogP contribution in [0.1, 0.15) is 77.2 Å². The lowest BCUT2D eigenvalue weighted by Crippen LogP contribution is -2.57. The van der Waals surface area contributed by atoms with Crippen LogP contribution in [-0.4, -0.2) is 53.4 Å². The third-order valence-corrected chi connectivity index (χ3v) is 10.7. The molecule has 4 saturated carbocycles. The van der Waals surface area contributed by atoms with Crippen LogP contribution in [0.15, 0.2) is 35.5 Å². The Kier molecular flexibility index (Phi) is 7.75. The first-order valence-corrected chi connectivity index (χ1v) is 14.5. The van der Waals surface area contributed by atoms with Gasteiger partial charge in [-0.25, -0.2) is 4.79 Å². The molecule has 1 unspecified atom stereocenters. The third-order valence-electron chi connectivity index (χ3n) is 10.7. The Labute approximate surface area is 231 Å². The average molecular weight is 539 g/mol. The number of ketones is 1. The van der Waals surface area contributed by atoms with Crippen molar-refractivity contribution in [2.24, 2.45) is 39.7 Å². The van der Waals surface area contributed by atoms with E-state index in [1.807, 2.05) is 30.3 Å². The quantitative estimate of drug-likeness (QED) is 0.287. The number of Topliss-reactive ketones (excluding diaryl/α,β-unsaturated/α-hetero) is 1. The van der Waals surface area contributed by atoms with Gasteiger partial charge in [-0.2, -0.15) is 0 Å². The molecule has 1 N–H and O–H groups in total. The maximum atomic E-state index is 12.7. The molecule has 0 radical (unpaired) electrons. The van der Waals surface area contributed by atoms with Crippen molar-refractivity contribution >= 4 is 23.6 Å². The zero-order valence-electron chi connectivity index (χ0n) is 23.4. The van der Waals surface area contributed by atoms with E-state index in [4.69, 9.17) is 9.47 Å². The van der Waals surface area contributed by atoms with Gasteiger partial charge in [-0.05, 0) is 73.7 Å². The van der Waals surface area contributed by atoms with Crippen LogP contribution in [0.3, 0.4) is 0 Å². The Hall–Kier alpha value is -2.90. The van der Waals surface area contributed by atoms with E-state index in [0.717, 1.165) is 49.8 Å². The molecule has 212 valence electrons. The number of nitrogens with zero attached hydrogens (tertiary/aromatic N) is 2. The summed E-state index contributed by atoms with van der Waals surface area (Å²) in [5.41, 5.74) is 1.47. The lowest BCUT2D eigenvalue weighted by molar-refractivity contribution is -0.156. The van der Waals surface area contributed by atoms with E-state index in [-0.39, 0.29) is 48.4 Å². The Bertz CT molecular complexity index is 1120. The molecule has 5 rings (SSSR count). The number of benzene rings is 1. The van der Waals surface area contributed by atoms with E-state index in [9.17, 15) is 19.6 Å². The second-order valence-corrected chi connectivity index (χ2v) is 12.7. The zero-order chi connectivity index (χ0) is 27.8. The molecule has 1 aromatic carbocycles. The number of fused-ring (bicyclic) bond motifs is 5. The van der Waals surface area contributed by atoms with Crippen LogP contribution in [0.25, 0.3) is 0 Å². The lowest BCUT2D eigenvalue weighted by atomic mass is 9.44. The number of carbonyl (C=O) groups is 3. The van der Waals surface area contributed by atoms with Crippen LogP contribution in [0.4, 0.5) is 4.79 Å². The molecule has 0 heterocycles. The Morgan fingerprint density at radius 1 is 1.10 bits per heavy atom. The molecule has 4 fully saturated rings. The third kappa shape index (κ3) is 5.19. The standard InChI is InChI=1S/C31H42N2O6/c1-30-14-11-21(39-28(35)13-16-33(3)29(36)38-19-20-7-5-4-6-8-20)17-25(30)26(32-37)18-22-23-9-10-27(34)31(23,2)15-12-24(22)30/h4-8,21-25,37H,9-19H2,1-3H3/b32-26-/t21-,22-,23-,24-,25?,30+,31-/m0/s1. The molecule has 39 heavy (non-hydrogen) atoms. The second kappa shape index (κ2) is 10.9. The van der Waals surface area contributed by atoms with E-state index >= 15 is 0 Å². The van der Waals surface area contributed by atoms with Crippen LogP contribution in [0.2, 0.25) is 0 Å². The predicted octanol–water partition coefficient (Wildman–Crippen LogP) is 5.61. The van der Waals surface area contributed by atoms with Gasteiger partial charge in [0.25, 0.3) is 0 Å². The lowest BCUT2D eigenvalue weighted by Gasteiger charge is -2.60. The van der Waals surface area contributed by atoms with Crippen LogP contribution < -0.4 is 0 Å². The molecule has 0 bridgehead atoms. The minimum absolute atomic E-state index is 0.0247. The summed E-state index contributed by atoms with van der Waals surface area (Å²) in [5, 5.41) is 13.8. The van der Waals surface area contributed by atoms with Gasteiger partial charge in [-0.15, -0.1) is 0 Å². The Balaban J connectivity index is 1.14. The van der Waals surface area contributed by atoms with Gasteiger partial charge < -0.3 is 19.6 Å². The number of esters is 1. The van der Waals surface area contributed by atoms with Crippen molar-refractivity contribution in [2.75, 3.05) is 13.6 Å². The highest BCUT2D eigenvalue weighted by Crippen LogP contribution is 2.65. The minimum atomic E-state index is -0.479. The molecule has 4 aliphatic carbocycles.